The largest absolute Gasteiger partial charge is 0.416 e. The second-order valence-electron chi connectivity index (χ2n) is 3.97. The Bertz CT molecular complexity index is 437. The van der Waals surface area contributed by atoms with Crippen LogP contribution in [0.5, 0.6) is 0 Å². The third kappa shape index (κ3) is 3.62. The van der Waals surface area contributed by atoms with Crippen LogP contribution < -0.4 is 4.90 Å². The number of pyridine rings is 1. The quantitative estimate of drug-likeness (QED) is 0.832. The van der Waals surface area contributed by atoms with E-state index in [4.69, 9.17) is 5.26 Å². The Hall–Kier alpha value is -1.77. The lowest BCUT2D eigenvalue weighted by molar-refractivity contribution is -0.137. The normalized spacial score (nSPS) is 12.9. The molecular weight excluding hydrogens is 243 g/mol. The van der Waals surface area contributed by atoms with Crippen LogP contribution in [0.15, 0.2) is 18.3 Å². The third-order valence-electron chi connectivity index (χ3n) is 2.49. The predicted octanol–water partition coefficient (Wildman–Crippen LogP) is 3.09. The molecule has 0 aliphatic rings. The van der Waals surface area contributed by atoms with Crippen molar-refractivity contribution in [3.8, 4) is 6.07 Å². The lowest BCUT2D eigenvalue weighted by Gasteiger charge is -2.23. The molecule has 1 aromatic heterocycles. The molecule has 18 heavy (non-hydrogen) atoms. The summed E-state index contributed by atoms with van der Waals surface area (Å²) in [6.45, 7) is 4.39. The van der Waals surface area contributed by atoms with Gasteiger partial charge in [0.05, 0.1) is 17.6 Å². The number of nitrogens with zero attached hydrogens (tertiary/aromatic N) is 3. The number of alkyl halides is 3. The third-order valence-corrected chi connectivity index (χ3v) is 2.49. The van der Waals surface area contributed by atoms with Gasteiger partial charge in [-0.05, 0) is 26.0 Å². The van der Waals surface area contributed by atoms with E-state index in [9.17, 15) is 13.2 Å². The fraction of sp³-hybridized carbons (Fsp3) is 0.500. The highest BCUT2D eigenvalue weighted by molar-refractivity contribution is 5.42. The smallest absolute Gasteiger partial charge is 0.356 e. The molecule has 0 aliphatic carbocycles. The molecule has 0 aromatic carbocycles. The maximum atomic E-state index is 12.6. The van der Waals surface area contributed by atoms with E-state index in [0.717, 1.165) is 18.3 Å². The summed E-state index contributed by atoms with van der Waals surface area (Å²) in [5.74, 6) is -0.0179. The standard InChI is InChI=1S/C12H14F3N3/c1-3-18(8-9(2)7-16)11-6-10(4-5-17-11)12(13,14)15/h4-6,9H,3,8H2,1-2H3. The van der Waals surface area contributed by atoms with Crippen molar-refractivity contribution in [2.45, 2.75) is 20.0 Å². The van der Waals surface area contributed by atoms with Crippen molar-refractivity contribution >= 4 is 5.82 Å². The highest BCUT2D eigenvalue weighted by atomic mass is 19.4. The van der Waals surface area contributed by atoms with Gasteiger partial charge in [-0.15, -0.1) is 0 Å². The van der Waals surface area contributed by atoms with Gasteiger partial charge in [0.25, 0.3) is 0 Å². The Balaban J connectivity index is 2.97. The number of anilines is 1. The van der Waals surface area contributed by atoms with Crippen LogP contribution in [0.25, 0.3) is 0 Å². The molecule has 0 amide bonds. The number of aromatic nitrogens is 1. The van der Waals surface area contributed by atoms with E-state index >= 15 is 0 Å². The minimum Gasteiger partial charge on any atom is -0.356 e. The molecule has 1 rings (SSSR count). The van der Waals surface area contributed by atoms with Crippen molar-refractivity contribution in [1.82, 2.24) is 4.98 Å². The first kappa shape index (κ1) is 14.3. The average Bonchev–Trinajstić information content (AvgIpc) is 2.34. The SMILES string of the molecule is CCN(CC(C)C#N)c1cc(C(F)(F)F)ccn1. The maximum Gasteiger partial charge on any atom is 0.416 e. The van der Waals surface area contributed by atoms with Crippen LogP contribution in [-0.2, 0) is 6.18 Å². The summed E-state index contributed by atoms with van der Waals surface area (Å²) in [7, 11) is 0. The van der Waals surface area contributed by atoms with Crippen LogP contribution in [0, 0.1) is 17.2 Å². The Kier molecular flexibility index (Phi) is 4.54. The lowest BCUT2D eigenvalue weighted by Crippen LogP contribution is -2.28. The van der Waals surface area contributed by atoms with Crippen LogP contribution >= 0.6 is 0 Å². The summed E-state index contributed by atoms with van der Waals surface area (Å²) in [6.07, 6.45) is -3.24. The molecule has 0 saturated carbocycles. The van der Waals surface area contributed by atoms with Gasteiger partial charge in [-0.25, -0.2) is 4.98 Å². The van der Waals surface area contributed by atoms with Gasteiger partial charge in [0.2, 0.25) is 0 Å². The topological polar surface area (TPSA) is 39.9 Å². The van der Waals surface area contributed by atoms with Gasteiger partial charge < -0.3 is 4.90 Å². The predicted molar refractivity (Wildman–Crippen MR) is 61.9 cm³/mol. The number of rotatable bonds is 4. The monoisotopic (exact) mass is 257 g/mol. The molecule has 0 radical (unpaired) electrons. The average molecular weight is 257 g/mol. The molecule has 0 aliphatic heterocycles. The lowest BCUT2D eigenvalue weighted by atomic mass is 10.2. The fourth-order valence-electron chi connectivity index (χ4n) is 1.52. The van der Waals surface area contributed by atoms with Crippen molar-refractivity contribution in [1.29, 1.82) is 5.26 Å². The van der Waals surface area contributed by atoms with Crippen LogP contribution in [0.1, 0.15) is 19.4 Å². The molecule has 1 aromatic rings. The molecule has 0 spiro atoms. The fourth-order valence-corrected chi connectivity index (χ4v) is 1.52. The van der Waals surface area contributed by atoms with Crippen LogP contribution in [0.2, 0.25) is 0 Å². The van der Waals surface area contributed by atoms with Gasteiger partial charge in [0.15, 0.2) is 0 Å². The van der Waals surface area contributed by atoms with Crippen molar-refractivity contribution in [3.63, 3.8) is 0 Å². The molecule has 0 N–H and O–H groups in total. The zero-order valence-electron chi connectivity index (χ0n) is 10.2. The van der Waals surface area contributed by atoms with Crippen molar-refractivity contribution in [2.24, 2.45) is 5.92 Å². The van der Waals surface area contributed by atoms with E-state index in [0.29, 0.717) is 13.1 Å². The maximum absolute atomic E-state index is 12.6. The minimum absolute atomic E-state index is 0.245. The van der Waals surface area contributed by atoms with Gasteiger partial charge in [0.1, 0.15) is 5.82 Å². The Labute approximate surface area is 104 Å². The summed E-state index contributed by atoms with van der Waals surface area (Å²) in [4.78, 5) is 5.58. The highest BCUT2D eigenvalue weighted by Crippen LogP contribution is 2.30. The molecule has 3 nitrogen and oxygen atoms in total. The summed E-state index contributed by atoms with van der Waals surface area (Å²) >= 11 is 0. The Morgan fingerprint density at radius 1 is 1.50 bits per heavy atom. The highest BCUT2D eigenvalue weighted by Gasteiger charge is 2.31. The van der Waals surface area contributed by atoms with Crippen molar-refractivity contribution in [2.75, 3.05) is 18.0 Å². The van der Waals surface area contributed by atoms with Crippen LogP contribution in [0.3, 0.4) is 0 Å². The van der Waals surface area contributed by atoms with Gasteiger partial charge >= 0.3 is 6.18 Å². The number of hydrogen-bond acceptors (Lipinski definition) is 3. The molecule has 6 heteroatoms. The second-order valence-corrected chi connectivity index (χ2v) is 3.97. The Morgan fingerprint density at radius 3 is 2.67 bits per heavy atom. The first-order chi connectivity index (χ1) is 8.38. The minimum atomic E-state index is -4.38. The summed E-state index contributed by atoms with van der Waals surface area (Å²) in [6, 6.07) is 4.00. The molecule has 1 unspecified atom stereocenters. The first-order valence-electron chi connectivity index (χ1n) is 5.56. The van der Waals surface area contributed by atoms with E-state index < -0.39 is 11.7 Å². The number of halogens is 3. The summed E-state index contributed by atoms with van der Waals surface area (Å²) in [5, 5.41) is 8.73. The molecule has 0 fully saturated rings. The number of hydrogen-bond donors (Lipinski definition) is 0. The van der Waals surface area contributed by atoms with Crippen molar-refractivity contribution in [3.05, 3.63) is 23.9 Å². The molecule has 98 valence electrons. The molecule has 0 bridgehead atoms. The van der Waals surface area contributed by atoms with E-state index in [2.05, 4.69) is 11.1 Å². The van der Waals surface area contributed by atoms with E-state index in [1.165, 1.54) is 0 Å². The second kappa shape index (κ2) is 5.71. The van der Waals surface area contributed by atoms with E-state index in [1.54, 1.807) is 11.8 Å². The zero-order chi connectivity index (χ0) is 13.8. The molecule has 0 saturated heterocycles. The summed E-state index contributed by atoms with van der Waals surface area (Å²) in [5.41, 5.74) is -0.726. The molecular formula is C12H14F3N3. The Morgan fingerprint density at radius 2 is 2.17 bits per heavy atom. The van der Waals surface area contributed by atoms with Crippen molar-refractivity contribution < 1.29 is 13.2 Å². The summed E-state index contributed by atoms with van der Waals surface area (Å²) < 4.78 is 37.7. The van der Waals surface area contributed by atoms with Gasteiger partial charge in [-0.2, -0.15) is 18.4 Å². The van der Waals surface area contributed by atoms with Gasteiger partial charge in [0, 0.05) is 19.3 Å². The van der Waals surface area contributed by atoms with E-state index in [-0.39, 0.29) is 11.7 Å². The number of nitriles is 1. The molecule has 1 atom stereocenters. The first-order valence-corrected chi connectivity index (χ1v) is 5.56. The van der Waals surface area contributed by atoms with E-state index in [1.807, 2.05) is 6.92 Å². The van der Waals surface area contributed by atoms with Gasteiger partial charge in [-0.1, -0.05) is 0 Å². The zero-order valence-corrected chi connectivity index (χ0v) is 10.2. The van der Waals surface area contributed by atoms with Crippen LogP contribution in [-0.4, -0.2) is 18.1 Å². The van der Waals surface area contributed by atoms with Gasteiger partial charge in [-0.3, -0.25) is 0 Å². The van der Waals surface area contributed by atoms with Crippen LogP contribution in [0.4, 0.5) is 19.0 Å². The molecule has 1 heterocycles.